The molecule has 1 aromatic carbocycles. The molecule has 1 aliphatic heterocycles. The molecule has 0 amide bonds. The van der Waals surface area contributed by atoms with Crippen LogP contribution in [0.2, 0.25) is 0 Å². The fourth-order valence-electron chi connectivity index (χ4n) is 2.50. The Kier molecular flexibility index (Phi) is 3.81. The highest BCUT2D eigenvalue weighted by molar-refractivity contribution is 8.08. The van der Waals surface area contributed by atoms with E-state index in [0.29, 0.717) is 17.3 Å². The van der Waals surface area contributed by atoms with E-state index in [0.717, 1.165) is 29.2 Å². The van der Waals surface area contributed by atoms with Gasteiger partial charge in [0, 0.05) is 5.75 Å². The number of hydrogen-bond donors (Lipinski definition) is 1. The molecule has 0 aliphatic carbocycles. The highest BCUT2D eigenvalue weighted by Crippen LogP contribution is 2.33. The monoisotopic (exact) mass is 340 g/mol. The maximum Gasteiger partial charge on any atom is 0.282 e. The molecule has 0 spiro atoms. The van der Waals surface area contributed by atoms with Gasteiger partial charge in [0.1, 0.15) is 0 Å². The number of benzene rings is 1. The zero-order valence-electron chi connectivity index (χ0n) is 13.1. The number of aryl methyl sites for hydroxylation is 1. The lowest BCUT2D eigenvalue weighted by Crippen LogP contribution is -2.02. The molecule has 0 atom stereocenters. The van der Waals surface area contributed by atoms with E-state index in [9.17, 15) is 0 Å². The summed E-state index contributed by atoms with van der Waals surface area (Å²) in [6.45, 7) is 2.11. The van der Waals surface area contributed by atoms with Crippen LogP contribution in [0.25, 0.3) is 22.2 Å². The van der Waals surface area contributed by atoms with Crippen molar-refractivity contribution in [1.82, 2.24) is 25.1 Å². The summed E-state index contributed by atoms with van der Waals surface area (Å²) in [5.41, 5.74) is 8.69. The van der Waals surface area contributed by atoms with Crippen molar-refractivity contribution in [3.8, 4) is 17.3 Å². The average molecular weight is 340 g/mol. The van der Waals surface area contributed by atoms with Crippen molar-refractivity contribution in [3.05, 3.63) is 41.7 Å². The molecule has 1 aliphatic rings. The predicted octanol–water partition coefficient (Wildman–Crippen LogP) is 2.94. The van der Waals surface area contributed by atoms with Gasteiger partial charge in [0.2, 0.25) is 5.82 Å². The predicted molar refractivity (Wildman–Crippen MR) is 93.5 cm³/mol. The van der Waals surface area contributed by atoms with Gasteiger partial charge in [-0.3, -0.25) is 0 Å². The molecular formula is C16H16N6OS. The van der Waals surface area contributed by atoms with Crippen molar-refractivity contribution in [2.45, 2.75) is 19.8 Å². The summed E-state index contributed by atoms with van der Waals surface area (Å²) in [6.07, 6.45) is 4.11. The maximum atomic E-state index is 6.19. The fraction of sp³-hybridized carbons (Fsp3) is 0.250. The SMILES string of the molecule is CCc1ccc(-n2nnc(-c3nc(C4=CCCS4)no3)c2N)cc1. The van der Waals surface area contributed by atoms with Crippen molar-refractivity contribution in [2.24, 2.45) is 0 Å². The Bertz CT molecular complexity index is 896. The summed E-state index contributed by atoms with van der Waals surface area (Å²) in [5.74, 6) is 2.29. The fourth-order valence-corrected chi connectivity index (χ4v) is 3.40. The molecule has 8 heteroatoms. The Morgan fingerprint density at radius 3 is 2.83 bits per heavy atom. The topological polar surface area (TPSA) is 95.6 Å². The van der Waals surface area contributed by atoms with E-state index in [2.05, 4.69) is 33.5 Å². The molecule has 0 fully saturated rings. The molecular weight excluding hydrogens is 324 g/mol. The number of thioether (sulfide) groups is 1. The molecule has 3 aromatic rings. The number of nitrogens with zero attached hydrogens (tertiary/aromatic N) is 5. The number of rotatable bonds is 4. The molecule has 4 rings (SSSR count). The van der Waals surface area contributed by atoms with E-state index in [1.54, 1.807) is 16.4 Å². The Balaban J connectivity index is 1.66. The van der Waals surface area contributed by atoms with Crippen LogP contribution in [0.3, 0.4) is 0 Å². The number of anilines is 1. The van der Waals surface area contributed by atoms with Crippen molar-refractivity contribution < 1.29 is 4.52 Å². The van der Waals surface area contributed by atoms with Crippen LogP contribution in [0.4, 0.5) is 5.82 Å². The van der Waals surface area contributed by atoms with E-state index in [-0.39, 0.29) is 5.89 Å². The second-order valence-electron chi connectivity index (χ2n) is 5.38. The van der Waals surface area contributed by atoms with Gasteiger partial charge >= 0.3 is 0 Å². The quantitative estimate of drug-likeness (QED) is 0.780. The van der Waals surface area contributed by atoms with Gasteiger partial charge in [0.25, 0.3) is 5.89 Å². The Morgan fingerprint density at radius 2 is 2.12 bits per heavy atom. The van der Waals surface area contributed by atoms with Crippen LogP contribution in [0, 0.1) is 0 Å². The highest BCUT2D eigenvalue weighted by Gasteiger charge is 2.21. The van der Waals surface area contributed by atoms with E-state index in [1.165, 1.54) is 5.56 Å². The summed E-state index contributed by atoms with van der Waals surface area (Å²) in [4.78, 5) is 5.43. The smallest absolute Gasteiger partial charge is 0.282 e. The van der Waals surface area contributed by atoms with Crippen LogP contribution in [0.5, 0.6) is 0 Å². The van der Waals surface area contributed by atoms with Gasteiger partial charge in [0.05, 0.1) is 10.6 Å². The minimum atomic E-state index is 0.285. The van der Waals surface area contributed by atoms with Crippen molar-refractivity contribution >= 4 is 22.5 Å². The summed E-state index contributed by atoms with van der Waals surface area (Å²) < 4.78 is 6.89. The number of nitrogens with two attached hydrogens (primary N) is 1. The van der Waals surface area contributed by atoms with Gasteiger partial charge in [-0.15, -0.1) is 16.9 Å². The summed E-state index contributed by atoms with van der Waals surface area (Å²) in [6, 6.07) is 8.02. The van der Waals surface area contributed by atoms with Crippen LogP contribution in [0.1, 0.15) is 24.7 Å². The van der Waals surface area contributed by atoms with E-state index in [4.69, 9.17) is 10.3 Å². The first-order chi connectivity index (χ1) is 11.8. The number of hydrogen-bond acceptors (Lipinski definition) is 7. The van der Waals surface area contributed by atoms with Crippen molar-refractivity contribution in [2.75, 3.05) is 11.5 Å². The van der Waals surface area contributed by atoms with Gasteiger partial charge < -0.3 is 10.3 Å². The van der Waals surface area contributed by atoms with E-state index < -0.39 is 0 Å². The molecule has 24 heavy (non-hydrogen) atoms. The molecule has 0 radical (unpaired) electrons. The first-order valence-corrected chi connectivity index (χ1v) is 8.72. The third-order valence-electron chi connectivity index (χ3n) is 3.85. The molecule has 0 saturated carbocycles. The van der Waals surface area contributed by atoms with Gasteiger partial charge in [-0.2, -0.15) is 9.67 Å². The van der Waals surface area contributed by atoms with Crippen molar-refractivity contribution in [3.63, 3.8) is 0 Å². The maximum absolute atomic E-state index is 6.19. The first-order valence-electron chi connectivity index (χ1n) is 7.74. The summed E-state index contributed by atoms with van der Waals surface area (Å²) in [5, 5.41) is 12.2. The van der Waals surface area contributed by atoms with E-state index in [1.807, 2.05) is 24.3 Å². The van der Waals surface area contributed by atoms with Gasteiger partial charge in [0.15, 0.2) is 11.5 Å². The Labute approximate surface area is 142 Å². The molecule has 0 saturated heterocycles. The van der Waals surface area contributed by atoms with Crippen molar-refractivity contribution in [1.29, 1.82) is 0 Å². The number of aromatic nitrogens is 5. The summed E-state index contributed by atoms with van der Waals surface area (Å²) >= 11 is 1.72. The van der Waals surface area contributed by atoms with Gasteiger partial charge in [-0.25, -0.2) is 0 Å². The molecule has 7 nitrogen and oxygen atoms in total. The molecule has 2 N–H and O–H groups in total. The lowest BCUT2D eigenvalue weighted by molar-refractivity contribution is 0.427. The standard InChI is InChI=1S/C16H16N6OS/c1-2-10-5-7-11(8-6-10)22-14(17)13(19-21-22)16-18-15(20-23-16)12-4-3-9-24-12/h4-8H,2-3,9,17H2,1H3. The Morgan fingerprint density at radius 1 is 1.29 bits per heavy atom. The van der Waals surface area contributed by atoms with Crippen LogP contribution in [0.15, 0.2) is 34.9 Å². The second kappa shape index (κ2) is 6.12. The zero-order chi connectivity index (χ0) is 16.5. The van der Waals surface area contributed by atoms with Gasteiger partial charge in [-0.05, 0) is 30.5 Å². The highest BCUT2D eigenvalue weighted by atomic mass is 32.2. The van der Waals surface area contributed by atoms with Crippen LogP contribution < -0.4 is 5.73 Å². The zero-order valence-corrected chi connectivity index (χ0v) is 14.0. The second-order valence-corrected chi connectivity index (χ2v) is 6.52. The molecule has 0 unspecified atom stereocenters. The Hall–Kier alpha value is -2.61. The van der Waals surface area contributed by atoms with Crippen LogP contribution in [-0.4, -0.2) is 30.9 Å². The van der Waals surface area contributed by atoms with Gasteiger partial charge in [-0.1, -0.05) is 35.5 Å². The lowest BCUT2D eigenvalue weighted by Gasteiger charge is -2.03. The van der Waals surface area contributed by atoms with Crippen LogP contribution in [-0.2, 0) is 6.42 Å². The molecule has 2 aromatic heterocycles. The number of allylic oxidation sites excluding steroid dienone is 1. The largest absolute Gasteiger partial charge is 0.382 e. The molecule has 0 bridgehead atoms. The third-order valence-corrected chi connectivity index (χ3v) is 4.95. The first kappa shape index (κ1) is 14.9. The normalized spacial score (nSPS) is 14.1. The minimum Gasteiger partial charge on any atom is -0.382 e. The molecule has 122 valence electrons. The average Bonchev–Trinajstić information content (AvgIpc) is 3.35. The van der Waals surface area contributed by atoms with Crippen LogP contribution >= 0.6 is 11.8 Å². The van der Waals surface area contributed by atoms with E-state index >= 15 is 0 Å². The minimum absolute atomic E-state index is 0.285. The summed E-state index contributed by atoms with van der Waals surface area (Å²) in [7, 11) is 0. The number of nitrogen functional groups attached to an aromatic ring is 1. The lowest BCUT2D eigenvalue weighted by atomic mass is 10.1. The third kappa shape index (κ3) is 2.58. The molecule has 3 heterocycles.